The summed E-state index contributed by atoms with van der Waals surface area (Å²) in [5, 5.41) is 11.0. The standard InChI is InChI=1S/C23H20F3N3O2S.ClH/c1-22(30,23(24,25)26)14-8-10-28-16(12-14)15-6-3-5-13-11-18(32-21(13)15)19(27)20-17(31-2)7-4-9-29-20;/h3-12,19,30H,27H2,1-2H3;1H/t19-,22+;/m0./s1. The number of nitrogens with two attached hydrogens (primary N) is 1. The first-order valence-corrected chi connectivity index (χ1v) is 10.5. The SMILES string of the molecule is COc1cccnc1[C@@H](N)c1cc2cccc(-c3cc([C@@](C)(O)C(F)(F)F)ccn3)c2s1.Cl. The van der Waals surface area contributed by atoms with Gasteiger partial charge in [0.25, 0.3) is 0 Å². The van der Waals surface area contributed by atoms with E-state index in [1.165, 1.54) is 29.7 Å². The van der Waals surface area contributed by atoms with Gasteiger partial charge in [0.2, 0.25) is 0 Å². The van der Waals surface area contributed by atoms with Crippen molar-refractivity contribution in [2.45, 2.75) is 24.7 Å². The summed E-state index contributed by atoms with van der Waals surface area (Å²) in [5.41, 5.74) is 4.77. The van der Waals surface area contributed by atoms with E-state index in [1.807, 2.05) is 12.1 Å². The molecule has 5 nitrogen and oxygen atoms in total. The van der Waals surface area contributed by atoms with Gasteiger partial charge in [-0.15, -0.1) is 23.7 Å². The summed E-state index contributed by atoms with van der Waals surface area (Å²) in [7, 11) is 1.55. The van der Waals surface area contributed by atoms with Crippen LogP contribution in [0.5, 0.6) is 5.75 Å². The Bertz CT molecular complexity index is 1280. The number of hydrogen-bond acceptors (Lipinski definition) is 6. The van der Waals surface area contributed by atoms with Gasteiger partial charge < -0.3 is 15.6 Å². The molecular formula is C23H21ClF3N3O2S. The summed E-state index contributed by atoms with van der Waals surface area (Å²) < 4.78 is 46.2. The summed E-state index contributed by atoms with van der Waals surface area (Å²) in [6.07, 6.45) is -1.91. The fourth-order valence-corrected chi connectivity index (χ4v) is 4.61. The fourth-order valence-electron chi connectivity index (χ4n) is 3.43. The lowest BCUT2D eigenvalue weighted by molar-refractivity contribution is -0.258. The molecule has 4 rings (SSSR count). The van der Waals surface area contributed by atoms with Gasteiger partial charge >= 0.3 is 6.18 Å². The molecule has 2 atom stereocenters. The highest BCUT2D eigenvalue weighted by molar-refractivity contribution is 7.19. The topological polar surface area (TPSA) is 81.3 Å². The van der Waals surface area contributed by atoms with E-state index in [0.717, 1.165) is 21.9 Å². The maximum Gasteiger partial charge on any atom is 0.421 e. The molecule has 3 aromatic heterocycles. The maximum absolute atomic E-state index is 13.3. The Balaban J connectivity index is 0.00000306. The minimum Gasteiger partial charge on any atom is -0.495 e. The lowest BCUT2D eigenvalue weighted by Crippen LogP contribution is -2.39. The van der Waals surface area contributed by atoms with Crippen molar-refractivity contribution >= 4 is 33.8 Å². The van der Waals surface area contributed by atoms with E-state index in [1.54, 1.807) is 37.6 Å². The Morgan fingerprint density at radius 2 is 1.82 bits per heavy atom. The van der Waals surface area contributed by atoms with Gasteiger partial charge in [0.15, 0.2) is 5.60 Å². The van der Waals surface area contributed by atoms with Crippen molar-refractivity contribution < 1.29 is 23.0 Å². The predicted octanol–water partition coefficient (Wildman–Crippen LogP) is 5.61. The van der Waals surface area contributed by atoms with E-state index in [2.05, 4.69) is 9.97 Å². The zero-order chi connectivity index (χ0) is 23.1. The second-order valence-corrected chi connectivity index (χ2v) is 8.52. The molecular weight excluding hydrogens is 475 g/mol. The van der Waals surface area contributed by atoms with E-state index < -0.39 is 17.8 Å². The number of aromatic nitrogens is 2. The van der Waals surface area contributed by atoms with Crippen molar-refractivity contribution in [3.8, 4) is 17.0 Å². The molecule has 1 aromatic carbocycles. The highest BCUT2D eigenvalue weighted by Gasteiger charge is 2.51. The van der Waals surface area contributed by atoms with Crippen LogP contribution in [-0.4, -0.2) is 28.4 Å². The second-order valence-electron chi connectivity index (χ2n) is 7.44. The normalized spacial score (nSPS) is 14.4. The molecule has 0 saturated carbocycles. The molecule has 0 unspecified atom stereocenters. The molecule has 0 bridgehead atoms. The third-order valence-corrected chi connectivity index (χ3v) is 6.60. The largest absolute Gasteiger partial charge is 0.495 e. The van der Waals surface area contributed by atoms with E-state index in [-0.39, 0.29) is 18.0 Å². The average Bonchev–Trinajstić information content (AvgIpc) is 3.22. The Morgan fingerprint density at radius 1 is 1.06 bits per heavy atom. The van der Waals surface area contributed by atoms with E-state index in [0.29, 0.717) is 22.7 Å². The molecule has 10 heteroatoms. The molecule has 3 N–H and O–H groups in total. The molecule has 33 heavy (non-hydrogen) atoms. The van der Waals surface area contributed by atoms with Crippen LogP contribution in [0.15, 0.2) is 60.9 Å². The molecule has 0 radical (unpaired) electrons. The first kappa shape index (κ1) is 24.9. The van der Waals surface area contributed by atoms with Gasteiger partial charge in [0.05, 0.1) is 18.8 Å². The number of aliphatic hydroxyl groups is 1. The first-order valence-electron chi connectivity index (χ1n) is 9.66. The summed E-state index contributed by atoms with van der Waals surface area (Å²) in [4.78, 5) is 9.43. The number of thiophene rings is 1. The van der Waals surface area contributed by atoms with Crippen LogP contribution >= 0.6 is 23.7 Å². The lowest BCUT2D eigenvalue weighted by atomic mass is 9.94. The molecule has 0 aliphatic rings. The highest BCUT2D eigenvalue weighted by atomic mass is 35.5. The van der Waals surface area contributed by atoms with Crippen LogP contribution in [-0.2, 0) is 5.60 Å². The van der Waals surface area contributed by atoms with Crippen molar-refractivity contribution in [1.82, 2.24) is 9.97 Å². The molecule has 0 amide bonds. The summed E-state index contributed by atoms with van der Waals surface area (Å²) in [5.74, 6) is 0.571. The van der Waals surface area contributed by atoms with Crippen molar-refractivity contribution in [2.24, 2.45) is 5.73 Å². The molecule has 0 saturated heterocycles. The van der Waals surface area contributed by atoms with Gasteiger partial charge in [0.1, 0.15) is 11.4 Å². The van der Waals surface area contributed by atoms with Crippen LogP contribution in [0.2, 0.25) is 0 Å². The second kappa shape index (κ2) is 9.26. The highest BCUT2D eigenvalue weighted by Crippen LogP contribution is 2.41. The Labute approximate surface area is 198 Å². The molecule has 0 fully saturated rings. The fraction of sp³-hybridized carbons (Fsp3) is 0.217. The van der Waals surface area contributed by atoms with Crippen LogP contribution in [0.3, 0.4) is 0 Å². The van der Waals surface area contributed by atoms with Crippen LogP contribution in [0.1, 0.15) is 29.1 Å². The smallest absolute Gasteiger partial charge is 0.421 e. The number of pyridine rings is 2. The number of nitrogens with zero attached hydrogens (tertiary/aromatic N) is 2. The summed E-state index contributed by atoms with van der Waals surface area (Å²) in [6, 6.07) is 12.8. The van der Waals surface area contributed by atoms with Gasteiger partial charge in [-0.1, -0.05) is 18.2 Å². The molecule has 0 aliphatic heterocycles. The van der Waals surface area contributed by atoms with E-state index >= 15 is 0 Å². The van der Waals surface area contributed by atoms with Crippen molar-refractivity contribution in [1.29, 1.82) is 0 Å². The Hall–Kier alpha value is -2.72. The number of alkyl halides is 3. The van der Waals surface area contributed by atoms with Crippen molar-refractivity contribution in [3.05, 3.63) is 77.1 Å². The third-order valence-electron chi connectivity index (χ3n) is 5.33. The van der Waals surface area contributed by atoms with Gasteiger partial charge in [-0.05, 0) is 48.2 Å². The van der Waals surface area contributed by atoms with Crippen molar-refractivity contribution in [2.75, 3.05) is 7.11 Å². The zero-order valence-electron chi connectivity index (χ0n) is 17.6. The summed E-state index contributed by atoms with van der Waals surface area (Å²) >= 11 is 1.41. The summed E-state index contributed by atoms with van der Waals surface area (Å²) in [6.45, 7) is 0.731. The van der Waals surface area contributed by atoms with Crippen LogP contribution in [0, 0.1) is 0 Å². The molecule has 174 valence electrons. The quantitative estimate of drug-likeness (QED) is 0.376. The van der Waals surface area contributed by atoms with E-state index in [9.17, 15) is 18.3 Å². The minimum absolute atomic E-state index is 0. The predicted molar refractivity (Wildman–Crippen MR) is 125 cm³/mol. The number of halogens is 4. The minimum atomic E-state index is -4.82. The molecule has 4 aromatic rings. The zero-order valence-corrected chi connectivity index (χ0v) is 19.3. The number of fused-ring (bicyclic) bond motifs is 1. The lowest BCUT2D eigenvalue weighted by Gasteiger charge is -2.26. The number of hydrogen-bond donors (Lipinski definition) is 2. The molecule has 0 aliphatic carbocycles. The van der Waals surface area contributed by atoms with E-state index in [4.69, 9.17) is 10.5 Å². The number of benzene rings is 1. The van der Waals surface area contributed by atoms with Crippen LogP contribution in [0.4, 0.5) is 13.2 Å². The molecule has 0 spiro atoms. The monoisotopic (exact) mass is 495 g/mol. The number of methoxy groups -OCH3 is 1. The maximum atomic E-state index is 13.3. The third kappa shape index (κ3) is 4.54. The number of ether oxygens (including phenoxy) is 1. The van der Waals surface area contributed by atoms with Crippen LogP contribution in [0.25, 0.3) is 21.3 Å². The number of rotatable bonds is 5. The van der Waals surface area contributed by atoms with Gasteiger partial charge in [-0.2, -0.15) is 13.2 Å². The first-order chi connectivity index (χ1) is 15.1. The molecule has 3 heterocycles. The van der Waals surface area contributed by atoms with Gasteiger partial charge in [-0.3, -0.25) is 9.97 Å². The van der Waals surface area contributed by atoms with Gasteiger partial charge in [-0.25, -0.2) is 0 Å². The van der Waals surface area contributed by atoms with Crippen molar-refractivity contribution in [3.63, 3.8) is 0 Å². The average molecular weight is 496 g/mol. The Kier molecular flexibility index (Phi) is 6.99. The van der Waals surface area contributed by atoms with Crippen LogP contribution < -0.4 is 10.5 Å². The van der Waals surface area contributed by atoms with Gasteiger partial charge in [0, 0.05) is 27.5 Å². The Morgan fingerprint density at radius 3 is 2.52 bits per heavy atom.